The third-order valence-corrected chi connectivity index (χ3v) is 3.10. The van der Waals surface area contributed by atoms with E-state index in [0.717, 1.165) is 0 Å². The monoisotopic (exact) mass is 318 g/mol. The molecule has 0 saturated carbocycles. The zero-order chi connectivity index (χ0) is 16.7. The van der Waals surface area contributed by atoms with Crippen molar-refractivity contribution < 1.29 is 23.5 Å². The van der Waals surface area contributed by atoms with Gasteiger partial charge in [0.2, 0.25) is 0 Å². The molecule has 0 radical (unpaired) electrons. The van der Waals surface area contributed by atoms with Gasteiger partial charge in [-0.3, -0.25) is 9.59 Å². The number of amides is 2. The number of ether oxygens (including phenoxy) is 2. The second-order valence-corrected chi connectivity index (χ2v) is 4.53. The number of carbonyl (C=O) groups is 2. The summed E-state index contributed by atoms with van der Waals surface area (Å²) in [4.78, 5) is 23.9. The van der Waals surface area contributed by atoms with Crippen LogP contribution in [0.15, 0.2) is 41.0 Å². The van der Waals surface area contributed by atoms with Crippen LogP contribution in [0.4, 0.5) is 0 Å². The Morgan fingerprint density at radius 3 is 2.09 bits per heavy atom. The SMILES string of the molecule is COc1cccc(OC)c1C(=O)NCCNC(=O)c1ccco1. The predicted octanol–water partition coefficient (Wildman–Crippen LogP) is 1.46. The smallest absolute Gasteiger partial charge is 0.287 e. The van der Waals surface area contributed by atoms with E-state index in [-0.39, 0.29) is 30.7 Å². The highest BCUT2D eigenvalue weighted by atomic mass is 16.5. The molecule has 0 aliphatic carbocycles. The van der Waals surface area contributed by atoms with E-state index in [1.54, 1.807) is 30.3 Å². The van der Waals surface area contributed by atoms with Crippen LogP contribution < -0.4 is 20.1 Å². The largest absolute Gasteiger partial charge is 0.496 e. The van der Waals surface area contributed by atoms with Crippen LogP contribution in [0.3, 0.4) is 0 Å². The Morgan fingerprint density at radius 2 is 1.57 bits per heavy atom. The van der Waals surface area contributed by atoms with Crippen molar-refractivity contribution in [1.29, 1.82) is 0 Å². The maximum Gasteiger partial charge on any atom is 0.287 e. The quantitative estimate of drug-likeness (QED) is 0.754. The van der Waals surface area contributed by atoms with Gasteiger partial charge in [0.25, 0.3) is 11.8 Å². The van der Waals surface area contributed by atoms with Gasteiger partial charge in [-0.1, -0.05) is 6.07 Å². The van der Waals surface area contributed by atoms with E-state index < -0.39 is 0 Å². The molecule has 0 atom stereocenters. The lowest BCUT2D eigenvalue weighted by Gasteiger charge is -2.13. The van der Waals surface area contributed by atoms with Crippen LogP contribution >= 0.6 is 0 Å². The highest BCUT2D eigenvalue weighted by Gasteiger charge is 2.17. The van der Waals surface area contributed by atoms with E-state index in [4.69, 9.17) is 13.9 Å². The molecule has 2 amide bonds. The number of nitrogens with one attached hydrogen (secondary N) is 2. The van der Waals surface area contributed by atoms with E-state index in [0.29, 0.717) is 17.1 Å². The molecule has 0 aliphatic heterocycles. The number of benzene rings is 1. The average Bonchev–Trinajstić information content (AvgIpc) is 3.12. The van der Waals surface area contributed by atoms with Crippen LogP contribution in [0.2, 0.25) is 0 Å². The molecule has 0 saturated heterocycles. The zero-order valence-electron chi connectivity index (χ0n) is 12.9. The Labute approximate surface area is 133 Å². The zero-order valence-corrected chi connectivity index (χ0v) is 12.9. The molecule has 0 fully saturated rings. The molecule has 23 heavy (non-hydrogen) atoms. The van der Waals surface area contributed by atoms with Gasteiger partial charge >= 0.3 is 0 Å². The number of hydrogen-bond acceptors (Lipinski definition) is 5. The van der Waals surface area contributed by atoms with Crippen LogP contribution in [0.5, 0.6) is 11.5 Å². The molecule has 1 aromatic carbocycles. The van der Waals surface area contributed by atoms with Crippen molar-refractivity contribution in [3.05, 3.63) is 47.9 Å². The molecule has 0 bridgehead atoms. The van der Waals surface area contributed by atoms with Crippen LogP contribution in [0.25, 0.3) is 0 Å². The van der Waals surface area contributed by atoms with Crippen molar-refractivity contribution in [3.8, 4) is 11.5 Å². The summed E-state index contributed by atoms with van der Waals surface area (Å²) in [6.45, 7) is 0.523. The lowest BCUT2D eigenvalue weighted by molar-refractivity contribution is 0.0908. The molecule has 2 N–H and O–H groups in total. The minimum absolute atomic E-state index is 0.225. The van der Waals surface area contributed by atoms with Gasteiger partial charge in [-0.05, 0) is 24.3 Å². The molecule has 7 heteroatoms. The minimum atomic E-state index is -0.341. The third kappa shape index (κ3) is 4.03. The Kier molecular flexibility index (Phi) is 5.62. The predicted molar refractivity (Wildman–Crippen MR) is 82.9 cm³/mol. The average molecular weight is 318 g/mol. The molecule has 2 rings (SSSR count). The highest BCUT2D eigenvalue weighted by molar-refractivity contribution is 5.99. The fourth-order valence-corrected chi connectivity index (χ4v) is 2.01. The van der Waals surface area contributed by atoms with Crippen LogP contribution in [0, 0.1) is 0 Å². The first-order valence-electron chi connectivity index (χ1n) is 6.98. The Morgan fingerprint density at radius 1 is 0.957 bits per heavy atom. The van der Waals surface area contributed by atoms with Crippen molar-refractivity contribution in [2.24, 2.45) is 0 Å². The number of methoxy groups -OCH3 is 2. The topological polar surface area (TPSA) is 89.8 Å². The van der Waals surface area contributed by atoms with Gasteiger partial charge in [0.05, 0.1) is 20.5 Å². The fourth-order valence-electron chi connectivity index (χ4n) is 2.01. The van der Waals surface area contributed by atoms with Crippen molar-refractivity contribution in [3.63, 3.8) is 0 Å². The number of carbonyl (C=O) groups excluding carboxylic acids is 2. The number of furan rings is 1. The Bertz CT molecular complexity index is 645. The van der Waals surface area contributed by atoms with Crippen molar-refractivity contribution in [2.45, 2.75) is 0 Å². The molecule has 7 nitrogen and oxygen atoms in total. The van der Waals surface area contributed by atoms with E-state index in [9.17, 15) is 9.59 Å². The maximum atomic E-state index is 12.3. The second kappa shape index (κ2) is 7.88. The summed E-state index contributed by atoms with van der Waals surface area (Å²) in [6, 6.07) is 8.28. The Hall–Kier alpha value is -2.96. The summed E-state index contributed by atoms with van der Waals surface area (Å²) in [5.41, 5.74) is 0.315. The van der Waals surface area contributed by atoms with Gasteiger partial charge in [-0.2, -0.15) is 0 Å². The highest BCUT2D eigenvalue weighted by Crippen LogP contribution is 2.27. The number of rotatable bonds is 7. The van der Waals surface area contributed by atoms with Crippen LogP contribution in [0.1, 0.15) is 20.9 Å². The van der Waals surface area contributed by atoms with Crippen LogP contribution in [-0.2, 0) is 0 Å². The van der Waals surface area contributed by atoms with Gasteiger partial charge in [-0.15, -0.1) is 0 Å². The van der Waals surface area contributed by atoms with Crippen molar-refractivity contribution in [2.75, 3.05) is 27.3 Å². The Balaban J connectivity index is 1.89. The first-order valence-corrected chi connectivity index (χ1v) is 6.98. The summed E-state index contributed by atoms with van der Waals surface area (Å²) in [5.74, 6) is 0.385. The molecule has 2 aromatic rings. The van der Waals surface area contributed by atoms with Gasteiger partial charge in [0.1, 0.15) is 17.1 Å². The summed E-state index contributed by atoms with van der Waals surface area (Å²) >= 11 is 0. The van der Waals surface area contributed by atoms with Gasteiger partial charge in [0, 0.05) is 13.1 Å². The molecule has 0 aliphatic rings. The summed E-state index contributed by atoms with van der Waals surface area (Å²) in [6.07, 6.45) is 1.42. The first kappa shape index (κ1) is 16.4. The van der Waals surface area contributed by atoms with Crippen molar-refractivity contribution >= 4 is 11.8 Å². The normalized spacial score (nSPS) is 10.0. The fraction of sp³-hybridized carbons (Fsp3) is 0.250. The minimum Gasteiger partial charge on any atom is -0.496 e. The van der Waals surface area contributed by atoms with E-state index in [1.165, 1.54) is 20.5 Å². The van der Waals surface area contributed by atoms with Crippen molar-refractivity contribution in [1.82, 2.24) is 10.6 Å². The maximum absolute atomic E-state index is 12.3. The standard InChI is InChI=1S/C16H18N2O5/c1-21-11-5-3-6-12(22-2)14(11)16(20)18-9-8-17-15(19)13-7-4-10-23-13/h3-7,10H,8-9H2,1-2H3,(H,17,19)(H,18,20). The molecule has 1 aromatic heterocycles. The molecular formula is C16H18N2O5. The summed E-state index contributed by atoms with van der Waals surface area (Å²) in [7, 11) is 2.96. The van der Waals surface area contributed by atoms with Gasteiger partial charge in [-0.25, -0.2) is 0 Å². The molecule has 0 unspecified atom stereocenters. The van der Waals surface area contributed by atoms with Gasteiger partial charge < -0.3 is 24.5 Å². The first-order chi connectivity index (χ1) is 11.2. The van der Waals surface area contributed by atoms with E-state index >= 15 is 0 Å². The summed E-state index contributed by atoms with van der Waals surface area (Å²) < 4.78 is 15.3. The van der Waals surface area contributed by atoms with Crippen LogP contribution in [-0.4, -0.2) is 39.1 Å². The van der Waals surface area contributed by atoms with E-state index in [2.05, 4.69) is 10.6 Å². The second-order valence-electron chi connectivity index (χ2n) is 4.53. The lowest BCUT2D eigenvalue weighted by atomic mass is 10.1. The molecule has 1 heterocycles. The van der Waals surface area contributed by atoms with E-state index in [1.807, 2.05) is 0 Å². The van der Waals surface area contributed by atoms with Gasteiger partial charge in [0.15, 0.2) is 5.76 Å². The lowest BCUT2D eigenvalue weighted by Crippen LogP contribution is -2.34. The molecule has 0 spiro atoms. The third-order valence-electron chi connectivity index (χ3n) is 3.10. The number of hydrogen-bond donors (Lipinski definition) is 2. The molecular weight excluding hydrogens is 300 g/mol. The summed E-state index contributed by atoms with van der Waals surface area (Å²) in [5, 5.41) is 5.34. The molecule has 122 valence electrons.